The Hall–Kier alpha value is -1.36. The second-order valence-corrected chi connectivity index (χ2v) is 6.28. The Kier molecular flexibility index (Phi) is 4.05. The molecule has 1 atom stereocenters. The summed E-state index contributed by atoms with van der Waals surface area (Å²) >= 11 is 0. The molecule has 1 saturated carbocycles. The molecule has 1 aliphatic heterocycles. The van der Waals surface area contributed by atoms with Crippen LogP contribution in [0.3, 0.4) is 0 Å². The molecular weight excluding hydrogens is 252 g/mol. The van der Waals surface area contributed by atoms with Crippen LogP contribution in [0.4, 0.5) is 0 Å². The third-order valence-electron chi connectivity index (χ3n) is 4.75. The molecule has 0 aromatic carbocycles. The van der Waals surface area contributed by atoms with E-state index in [1.807, 2.05) is 4.68 Å². The van der Waals surface area contributed by atoms with Gasteiger partial charge in [0.05, 0.1) is 17.8 Å². The van der Waals surface area contributed by atoms with Crippen LogP contribution in [-0.4, -0.2) is 40.2 Å². The number of hydrogen-bond acceptors (Lipinski definition) is 3. The van der Waals surface area contributed by atoms with Crippen molar-refractivity contribution >= 4 is 5.91 Å². The fourth-order valence-electron chi connectivity index (χ4n) is 3.59. The molecule has 1 saturated heterocycles. The largest absolute Gasteiger partial charge is 0.366 e. The molecule has 2 fully saturated rings. The smallest absolute Gasteiger partial charge is 0.251 e. The molecule has 2 heterocycles. The lowest BCUT2D eigenvalue weighted by molar-refractivity contribution is 0.1000. The Labute approximate surface area is 120 Å². The summed E-state index contributed by atoms with van der Waals surface area (Å²) in [4.78, 5) is 13.7. The van der Waals surface area contributed by atoms with E-state index in [0.717, 1.165) is 25.4 Å². The topological polar surface area (TPSA) is 64.2 Å². The quantitative estimate of drug-likeness (QED) is 0.912. The zero-order valence-corrected chi connectivity index (χ0v) is 12.0. The second-order valence-electron chi connectivity index (χ2n) is 6.28. The molecule has 0 radical (unpaired) electrons. The van der Waals surface area contributed by atoms with Crippen LogP contribution >= 0.6 is 0 Å². The summed E-state index contributed by atoms with van der Waals surface area (Å²) in [5.74, 6) is 0.495. The first-order chi connectivity index (χ1) is 9.72. The van der Waals surface area contributed by atoms with E-state index in [0.29, 0.717) is 11.6 Å². The first-order valence-electron chi connectivity index (χ1n) is 7.78. The highest BCUT2D eigenvalue weighted by Gasteiger charge is 2.27. The molecular formula is C15H24N4O. The zero-order chi connectivity index (χ0) is 13.9. The summed E-state index contributed by atoms with van der Waals surface area (Å²) in [6, 6.07) is 0.395. The van der Waals surface area contributed by atoms with E-state index in [1.165, 1.54) is 38.6 Å². The first-order valence-corrected chi connectivity index (χ1v) is 7.78. The van der Waals surface area contributed by atoms with Crippen molar-refractivity contribution in [2.75, 3.05) is 19.6 Å². The van der Waals surface area contributed by atoms with Crippen LogP contribution in [-0.2, 0) is 0 Å². The summed E-state index contributed by atoms with van der Waals surface area (Å²) in [5, 5.41) is 4.29. The highest BCUT2D eigenvalue weighted by atomic mass is 16.1. The van der Waals surface area contributed by atoms with Gasteiger partial charge in [-0.25, -0.2) is 0 Å². The summed E-state index contributed by atoms with van der Waals surface area (Å²) in [6.07, 6.45) is 11.5. The van der Waals surface area contributed by atoms with Gasteiger partial charge in [0.15, 0.2) is 0 Å². The van der Waals surface area contributed by atoms with Crippen molar-refractivity contribution in [3.63, 3.8) is 0 Å². The standard InChI is InChI=1S/C15H24N4O/c16-15(20)13-8-17-19(10-13)14-6-7-18(11-14)9-12-4-2-1-3-5-12/h8,10,12,14H,1-7,9,11H2,(H2,16,20). The van der Waals surface area contributed by atoms with E-state index in [9.17, 15) is 4.79 Å². The van der Waals surface area contributed by atoms with Crippen LogP contribution in [0.25, 0.3) is 0 Å². The fourth-order valence-corrected chi connectivity index (χ4v) is 3.59. The maximum Gasteiger partial charge on any atom is 0.251 e. The van der Waals surface area contributed by atoms with Gasteiger partial charge in [-0.1, -0.05) is 19.3 Å². The molecule has 2 N–H and O–H groups in total. The molecule has 1 aromatic heterocycles. The molecule has 1 unspecified atom stereocenters. The van der Waals surface area contributed by atoms with E-state index in [4.69, 9.17) is 5.73 Å². The second kappa shape index (κ2) is 5.95. The first kappa shape index (κ1) is 13.6. The van der Waals surface area contributed by atoms with E-state index < -0.39 is 5.91 Å². The highest BCUT2D eigenvalue weighted by molar-refractivity contribution is 5.92. The average Bonchev–Trinajstić information content (AvgIpc) is 3.08. The van der Waals surface area contributed by atoms with Gasteiger partial charge in [0.1, 0.15) is 0 Å². The van der Waals surface area contributed by atoms with Crippen molar-refractivity contribution < 1.29 is 4.79 Å². The van der Waals surface area contributed by atoms with Crippen LogP contribution in [0.2, 0.25) is 0 Å². The van der Waals surface area contributed by atoms with Crippen molar-refractivity contribution in [2.24, 2.45) is 11.7 Å². The van der Waals surface area contributed by atoms with Gasteiger partial charge in [0.2, 0.25) is 0 Å². The molecule has 5 nitrogen and oxygen atoms in total. The maximum absolute atomic E-state index is 11.1. The van der Waals surface area contributed by atoms with Gasteiger partial charge in [-0.15, -0.1) is 0 Å². The summed E-state index contributed by atoms with van der Waals surface area (Å²) in [7, 11) is 0. The summed E-state index contributed by atoms with van der Waals surface area (Å²) < 4.78 is 1.92. The van der Waals surface area contributed by atoms with Crippen molar-refractivity contribution in [1.29, 1.82) is 0 Å². The predicted octanol–water partition coefficient (Wildman–Crippen LogP) is 1.81. The minimum absolute atomic E-state index is 0.395. The van der Waals surface area contributed by atoms with Gasteiger partial charge in [0.25, 0.3) is 5.91 Å². The zero-order valence-electron chi connectivity index (χ0n) is 12.0. The van der Waals surface area contributed by atoms with Gasteiger partial charge in [-0.2, -0.15) is 5.10 Å². The Morgan fingerprint density at radius 2 is 2.10 bits per heavy atom. The van der Waals surface area contributed by atoms with Gasteiger partial charge >= 0.3 is 0 Å². The third kappa shape index (κ3) is 3.03. The summed E-state index contributed by atoms with van der Waals surface area (Å²) in [6.45, 7) is 3.43. The van der Waals surface area contributed by atoms with Crippen LogP contribution in [0.1, 0.15) is 54.9 Å². The lowest BCUT2D eigenvalue weighted by atomic mass is 9.89. The van der Waals surface area contributed by atoms with E-state index >= 15 is 0 Å². The Morgan fingerprint density at radius 3 is 2.80 bits per heavy atom. The Bertz CT molecular complexity index is 464. The summed E-state index contributed by atoms with van der Waals surface area (Å²) in [5.41, 5.74) is 5.78. The minimum atomic E-state index is -0.395. The van der Waals surface area contributed by atoms with Crippen molar-refractivity contribution in [2.45, 2.75) is 44.6 Å². The molecule has 0 bridgehead atoms. The number of nitrogens with zero attached hydrogens (tertiary/aromatic N) is 3. The van der Waals surface area contributed by atoms with Gasteiger partial charge < -0.3 is 10.6 Å². The fraction of sp³-hybridized carbons (Fsp3) is 0.733. The van der Waals surface area contributed by atoms with Crippen LogP contribution in [0.5, 0.6) is 0 Å². The van der Waals surface area contributed by atoms with E-state index in [1.54, 1.807) is 12.4 Å². The SMILES string of the molecule is NC(=O)c1cnn(C2CCN(CC3CCCCC3)C2)c1. The molecule has 1 aliphatic carbocycles. The average molecular weight is 276 g/mol. The number of likely N-dealkylation sites (tertiary alicyclic amines) is 1. The Morgan fingerprint density at radius 1 is 1.30 bits per heavy atom. The lowest BCUT2D eigenvalue weighted by Gasteiger charge is -2.26. The molecule has 1 aromatic rings. The molecule has 3 rings (SSSR count). The number of aromatic nitrogens is 2. The van der Waals surface area contributed by atoms with Crippen LogP contribution in [0.15, 0.2) is 12.4 Å². The van der Waals surface area contributed by atoms with Gasteiger partial charge in [0, 0.05) is 25.8 Å². The van der Waals surface area contributed by atoms with Crippen molar-refractivity contribution in [3.05, 3.63) is 18.0 Å². The molecule has 0 spiro atoms. The number of rotatable bonds is 4. The molecule has 110 valence electrons. The molecule has 5 heteroatoms. The molecule has 2 aliphatic rings. The van der Waals surface area contributed by atoms with Crippen LogP contribution in [0, 0.1) is 5.92 Å². The van der Waals surface area contributed by atoms with Gasteiger partial charge in [-0.3, -0.25) is 9.48 Å². The monoisotopic (exact) mass is 276 g/mol. The number of amides is 1. The number of primary amides is 1. The number of carbonyl (C=O) groups excluding carboxylic acids is 1. The normalized spacial score (nSPS) is 25.1. The maximum atomic E-state index is 11.1. The molecule has 1 amide bonds. The molecule has 20 heavy (non-hydrogen) atoms. The van der Waals surface area contributed by atoms with Crippen molar-refractivity contribution in [3.8, 4) is 0 Å². The lowest BCUT2D eigenvalue weighted by Crippen LogP contribution is -2.29. The van der Waals surface area contributed by atoms with E-state index in [2.05, 4.69) is 10.00 Å². The Balaban J connectivity index is 1.54. The van der Waals surface area contributed by atoms with E-state index in [-0.39, 0.29) is 0 Å². The number of carbonyl (C=O) groups is 1. The number of nitrogens with two attached hydrogens (primary N) is 1. The minimum Gasteiger partial charge on any atom is -0.366 e. The third-order valence-corrected chi connectivity index (χ3v) is 4.75. The highest BCUT2D eigenvalue weighted by Crippen LogP contribution is 2.28. The van der Waals surface area contributed by atoms with Gasteiger partial charge in [-0.05, 0) is 25.2 Å². The number of hydrogen-bond donors (Lipinski definition) is 1. The van der Waals surface area contributed by atoms with Crippen molar-refractivity contribution in [1.82, 2.24) is 14.7 Å². The van der Waals surface area contributed by atoms with Crippen LogP contribution < -0.4 is 5.73 Å². The predicted molar refractivity (Wildman–Crippen MR) is 77.4 cm³/mol.